The SMILES string of the molecule is Brc1ccc2oc3c(-c4ccccc4)nc(-c4cccc(-c5ccccc5)c4)nc3c2c1. The fourth-order valence-electron chi connectivity index (χ4n) is 4.01. The molecule has 4 aromatic carbocycles. The zero-order chi connectivity index (χ0) is 21.5. The number of rotatable bonds is 3. The average molecular weight is 477 g/mol. The summed E-state index contributed by atoms with van der Waals surface area (Å²) in [7, 11) is 0. The van der Waals surface area contributed by atoms with Crippen molar-refractivity contribution in [2.75, 3.05) is 0 Å². The molecule has 0 saturated heterocycles. The topological polar surface area (TPSA) is 38.9 Å². The van der Waals surface area contributed by atoms with E-state index in [9.17, 15) is 0 Å². The van der Waals surface area contributed by atoms with Crippen LogP contribution in [0.15, 0.2) is 112 Å². The van der Waals surface area contributed by atoms with Crippen LogP contribution < -0.4 is 0 Å². The van der Waals surface area contributed by atoms with Crippen LogP contribution in [-0.2, 0) is 0 Å². The van der Waals surface area contributed by atoms with Gasteiger partial charge < -0.3 is 4.42 Å². The summed E-state index contributed by atoms with van der Waals surface area (Å²) in [6.45, 7) is 0. The lowest BCUT2D eigenvalue weighted by Crippen LogP contribution is -1.94. The Kier molecular flexibility index (Phi) is 4.58. The van der Waals surface area contributed by atoms with Gasteiger partial charge in [0.25, 0.3) is 0 Å². The molecule has 0 aliphatic rings. The molecule has 0 aliphatic heterocycles. The van der Waals surface area contributed by atoms with E-state index in [1.165, 1.54) is 0 Å². The van der Waals surface area contributed by atoms with Crippen molar-refractivity contribution >= 4 is 38.0 Å². The van der Waals surface area contributed by atoms with Gasteiger partial charge in [-0.3, -0.25) is 0 Å². The predicted octanol–water partition coefficient (Wildman–Crippen LogP) is 8.14. The quantitative estimate of drug-likeness (QED) is 0.258. The fourth-order valence-corrected chi connectivity index (χ4v) is 4.37. The van der Waals surface area contributed by atoms with Crippen molar-refractivity contribution in [3.05, 3.63) is 108 Å². The lowest BCUT2D eigenvalue weighted by Gasteiger charge is -2.08. The summed E-state index contributed by atoms with van der Waals surface area (Å²) < 4.78 is 7.22. The van der Waals surface area contributed by atoms with Gasteiger partial charge in [0, 0.05) is 21.0 Å². The smallest absolute Gasteiger partial charge is 0.180 e. The average Bonchev–Trinajstić information content (AvgIpc) is 3.22. The van der Waals surface area contributed by atoms with Gasteiger partial charge in [-0.25, -0.2) is 9.97 Å². The van der Waals surface area contributed by atoms with Gasteiger partial charge in [-0.1, -0.05) is 94.8 Å². The van der Waals surface area contributed by atoms with E-state index in [1.54, 1.807) is 0 Å². The number of nitrogens with zero attached hydrogens (tertiary/aromatic N) is 2. The lowest BCUT2D eigenvalue weighted by atomic mass is 10.0. The second-order valence-electron chi connectivity index (χ2n) is 7.63. The van der Waals surface area contributed by atoms with Crippen LogP contribution in [0.1, 0.15) is 0 Å². The Hall–Kier alpha value is -3.76. The third-order valence-electron chi connectivity index (χ3n) is 5.55. The van der Waals surface area contributed by atoms with Crippen LogP contribution in [0.25, 0.3) is 55.8 Å². The maximum atomic E-state index is 6.23. The zero-order valence-corrected chi connectivity index (χ0v) is 18.6. The number of aromatic nitrogens is 2. The van der Waals surface area contributed by atoms with Gasteiger partial charge in [-0.05, 0) is 35.4 Å². The lowest BCUT2D eigenvalue weighted by molar-refractivity contribution is 0.667. The Labute approximate surface area is 193 Å². The van der Waals surface area contributed by atoms with Crippen LogP contribution in [0.3, 0.4) is 0 Å². The van der Waals surface area contributed by atoms with E-state index in [0.717, 1.165) is 48.9 Å². The van der Waals surface area contributed by atoms with Crippen LogP contribution in [0.5, 0.6) is 0 Å². The molecular weight excluding hydrogens is 460 g/mol. The highest BCUT2D eigenvalue weighted by Crippen LogP contribution is 2.36. The molecule has 0 amide bonds. The summed E-state index contributed by atoms with van der Waals surface area (Å²) in [4.78, 5) is 9.95. The standard InChI is InChI=1S/C28H17BrN2O/c29-22-14-15-24-23(17-22)26-27(32-24)25(19-10-5-2-6-11-19)30-28(31-26)21-13-7-12-20(16-21)18-8-3-1-4-9-18/h1-17H. The van der Waals surface area contributed by atoms with Crippen molar-refractivity contribution in [2.45, 2.75) is 0 Å². The summed E-state index contributed by atoms with van der Waals surface area (Å²) in [6, 6.07) is 34.8. The molecule has 6 aromatic rings. The first-order chi connectivity index (χ1) is 15.8. The van der Waals surface area contributed by atoms with Crippen molar-refractivity contribution in [2.24, 2.45) is 0 Å². The number of hydrogen-bond acceptors (Lipinski definition) is 3. The van der Waals surface area contributed by atoms with Crippen LogP contribution in [0.4, 0.5) is 0 Å². The Morgan fingerprint density at radius 1 is 0.594 bits per heavy atom. The molecule has 0 spiro atoms. The van der Waals surface area contributed by atoms with E-state index in [-0.39, 0.29) is 0 Å². The van der Waals surface area contributed by atoms with Crippen LogP contribution in [0.2, 0.25) is 0 Å². The maximum Gasteiger partial charge on any atom is 0.180 e. The number of hydrogen-bond donors (Lipinski definition) is 0. The molecule has 0 radical (unpaired) electrons. The van der Waals surface area contributed by atoms with Crippen molar-refractivity contribution in [1.29, 1.82) is 0 Å². The number of halogens is 1. The summed E-state index contributed by atoms with van der Waals surface area (Å²) >= 11 is 3.58. The van der Waals surface area contributed by atoms with E-state index >= 15 is 0 Å². The monoisotopic (exact) mass is 476 g/mol. The molecule has 3 nitrogen and oxygen atoms in total. The van der Waals surface area contributed by atoms with E-state index in [4.69, 9.17) is 14.4 Å². The van der Waals surface area contributed by atoms with Gasteiger partial charge in [-0.2, -0.15) is 0 Å². The van der Waals surface area contributed by atoms with Crippen LogP contribution in [-0.4, -0.2) is 9.97 Å². The van der Waals surface area contributed by atoms with E-state index in [2.05, 4.69) is 64.5 Å². The molecule has 0 fully saturated rings. The number of fused-ring (bicyclic) bond motifs is 3. The highest BCUT2D eigenvalue weighted by molar-refractivity contribution is 9.10. The minimum absolute atomic E-state index is 0.678. The Bertz CT molecular complexity index is 1570. The third-order valence-corrected chi connectivity index (χ3v) is 6.04. The van der Waals surface area contributed by atoms with Gasteiger partial charge in [0.15, 0.2) is 11.4 Å². The molecule has 152 valence electrons. The zero-order valence-electron chi connectivity index (χ0n) is 17.0. The molecule has 4 heteroatoms. The first-order valence-electron chi connectivity index (χ1n) is 10.4. The van der Waals surface area contributed by atoms with Crippen LogP contribution in [0, 0.1) is 0 Å². The van der Waals surface area contributed by atoms with Crippen molar-refractivity contribution < 1.29 is 4.42 Å². The van der Waals surface area contributed by atoms with Crippen molar-refractivity contribution in [3.8, 4) is 33.8 Å². The van der Waals surface area contributed by atoms with Gasteiger partial charge in [-0.15, -0.1) is 0 Å². The number of benzene rings is 4. The van der Waals surface area contributed by atoms with Crippen molar-refractivity contribution in [1.82, 2.24) is 9.97 Å². The minimum atomic E-state index is 0.678. The normalized spacial score (nSPS) is 11.3. The molecule has 0 unspecified atom stereocenters. The molecule has 0 bridgehead atoms. The maximum absolute atomic E-state index is 6.23. The van der Waals surface area contributed by atoms with Gasteiger partial charge in [0.1, 0.15) is 16.8 Å². The molecule has 2 aromatic heterocycles. The molecular formula is C28H17BrN2O. The highest BCUT2D eigenvalue weighted by atomic mass is 79.9. The van der Waals surface area contributed by atoms with Crippen LogP contribution >= 0.6 is 15.9 Å². The predicted molar refractivity (Wildman–Crippen MR) is 133 cm³/mol. The Morgan fingerprint density at radius 2 is 1.28 bits per heavy atom. The molecule has 32 heavy (non-hydrogen) atoms. The third kappa shape index (κ3) is 3.29. The number of furan rings is 1. The van der Waals surface area contributed by atoms with Gasteiger partial charge in [0.05, 0.1) is 0 Å². The van der Waals surface area contributed by atoms with E-state index in [1.807, 2.05) is 54.6 Å². The first kappa shape index (κ1) is 19.0. The largest absolute Gasteiger partial charge is 0.452 e. The molecule has 0 atom stereocenters. The minimum Gasteiger partial charge on any atom is -0.452 e. The highest BCUT2D eigenvalue weighted by Gasteiger charge is 2.18. The molecule has 6 rings (SSSR count). The first-order valence-corrected chi connectivity index (χ1v) is 11.2. The van der Waals surface area contributed by atoms with Crippen molar-refractivity contribution in [3.63, 3.8) is 0 Å². The summed E-state index contributed by atoms with van der Waals surface area (Å²) in [5.74, 6) is 0.678. The summed E-state index contributed by atoms with van der Waals surface area (Å²) in [5, 5.41) is 0.967. The Balaban J connectivity index is 1.63. The van der Waals surface area contributed by atoms with E-state index in [0.29, 0.717) is 11.4 Å². The van der Waals surface area contributed by atoms with E-state index < -0.39 is 0 Å². The molecule has 0 N–H and O–H groups in total. The molecule has 0 saturated carbocycles. The second kappa shape index (κ2) is 7.74. The van der Waals surface area contributed by atoms with Gasteiger partial charge >= 0.3 is 0 Å². The molecule has 2 heterocycles. The summed E-state index contributed by atoms with van der Waals surface area (Å²) in [5.41, 5.74) is 7.37. The Morgan fingerprint density at radius 3 is 2.06 bits per heavy atom. The molecule has 0 aliphatic carbocycles. The second-order valence-corrected chi connectivity index (χ2v) is 8.54. The summed E-state index contributed by atoms with van der Waals surface area (Å²) in [6.07, 6.45) is 0. The van der Waals surface area contributed by atoms with Gasteiger partial charge in [0.2, 0.25) is 0 Å². The fraction of sp³-hybridized carbons (Fsp3) is 0.